The summed E-state index contributed by atoms with van der Waals surface area (Å²) in [7, 11) is 1.87. The highest BCUT2D eigenvalue weighted by atomic mass is 15.0. The number of hydrogen-bond acceptors (Lipinski definition) is 2. The fourth-order valence-corrected chi connectivity index (χ4v) is 0.305. The van der Waals surface area contributed by atoms with Crippen LogP contribution < -0.4 is 5.32 Å². The summed E-state index contributed by atoms with van der Waals surface area (Å²) < 4.78 is 0. The van der Waals surface area contributed by atoms with Gasteiger partial charge in [0, 0.05) is 12.6 Å². The van der Waals surface area contributed by atoms with Crippen molar-refractivity contribution < 1.29 is 0 Å². The van der Waals surface area contributed by atoms with E-state index in [9.17, 15) is 0 Å². The van der Waals surface area contributed by atoms with Crippen molar-refractivity contribution >= 4 is 6.21 Å². The highest BCUT2D eigenvalue weighted by molar-refractivity contribution is 5.58. The van der Waals surface area contributed by atoms with E-state index in [2.05, 4.69) is 16.9 Å². The van der Waals surface area contributed by atoms with Crippen LogP contribution in [0.5, 0.6) is 0 Å². The minimum Gasteiger partial charge on any atom is -0.301 e. The third-order valence-electron chi connectivity index (χ3n) is 0.651. The first kappa shape index (κ1) is 7.37. The van der Waals surface area contributed by atoms with Crippen LogP contribution >= 0.6 is 0 Å². The summed E-state index contributed by atoms with van der Waals surface area (Å²) in [5.74, 6) is 0. The van der Waals surface area contributed by atoms with Crippen LogP contribution in [0.25, 0.3) is 0 Å². The van der Waals surface area contributed by atoms with Crippen molar-refractivity contribution in [1.29, 1.82) is 0 Å². The summed E-state index contributed by atoms with van der Waals surface area (Å²) in [4.78, 5) is 3.97. The zero-order chi connectivity index (χ0) is 6.24. The molecule has 0 atom stereocenters. The summed E-state index contributed by atoms with van der Waals surface area (Å²) in [5.41, 5.74) is 0. The van der Waals surface area contributed by atoms with E-state index in [1.54, 1.807) is 0 Å². The zero-order valence-electron chi connectivity index (χ0n) is 5.22. The van der Waals surface area contributed by atoms with Crippen LogP contribution in [-0.4, -0.2) is 19.9 Å². The van der Waals surface area contributed by atoms with Crippen LogP contribution in [-0.2, 0) is 0 Å². The second kappa shape index (κ2) is 6.37. The molecule has 0 aliphatic carbocycles. The molecule has 0 saturated heterocycles. The topological polar surface area (TPSA) is 24.4 Å². The average Bonchev–Trinajstić information content (AvgIpc) is 1.81. The molecule has 0 spiro atoms. The van der Waals surface area contributed by atoms with Gasteiger partial charge in [0.2, 0.25) is 0 Å². The number of allylic oxidation sites excluding steroid dienone is 1. The Morgan fingerprint density at radius 2 is 2.50 bits per heavy atom. The molecule has 8 heavy (non-hydrogen) atoms. The fraction of sp³-hybridized carbons (Fsp3) is 0.500. The molecular formula is C6H12N2. The molecule has 1 N–H and O–H groups in total. The summed E-state index contributed by atoms with van der Waals surface area (Å²) in [6.07, 6.45) is 4.52. The van der Waals surface area contributed by atoms with Crippen molar-refractivity contribution in [2.45, 2.75) is 6.42 Å². The molecule has 0 aromatic heterocycles. The lowest BCUT2D eigenvalue weighted by atomic mass is 10.5. The van der Waals surface area contributed by atoms with E-state index in [4.69, 9.17) is 0 Å². The van der Waals surface area contributed by atoms with Crippen LogP contribution in [0.2, 0.25) is 0 Å². The van der Waals surface area contributed by atoms with Gasteiger partial charge >= 0.3 is 0 Å². The molecule has 0 aromatic carbocycles. The van der Waals surface area contributed by atoms with E-state index >= 15 is 0 Å². The zero-order valence-corrected chi connectivity index (χ0v) is 5.22. The predicted octanol–water partition coefficient (Wildman–Crippen LogP) is 0.810. The van der Waals surface area contributed by atoms with E-state index in [-0.39, 0.29) is 0 Å². The monoisotopic (exact) mass is 112 g/mol. The lowest BCUT2D eigenvalue weighted by molar-refractivity contribution is 0.836. The molecule has 0 bridgehead atoms. The van der Waals surface area contributed by atoms with E-state index in [1.807, 2.05) is 19.3 Å². The summed E-state index contributed by atoms with van der Waals surface area (Å²) in [5, 5.41) is 2.89. The molecule has 0 aliphatic heterocycles. The van der Waals surface area contributed by atoms with E-state index < -0.39 is 0 Å². The molecule has 0 amide bonds. The lowest BCUT2D eigenvalue weighted by Crippen LogP contribution is -2.04. The summed E-state index contributed by atoms with van der Waals surface area (Å²) in [6.45, 7) is 4.25. The Labute approximate surface area is 50.3 Å². The van der Waals surface area contributed by atoms with Gasteiger partial charge in [-0.25, -0.2) is 0 Å². The van der Waals surface area contributed by atoms with Gasteiger partial charge in [-0.05, 0) is 7.05 Å². The van der Waals surface area contributed by atoms with Gasteiger partial charge in [0.1, 0.15) is 0 Å². The van der Waals surface area contributed by atoms with Crippen LogP contribution in [0.1, 0.15) is 6.42 Å². The predicted molar refractivity (Wildman–Crippen MR) is 37.2 cm³/mol. The Kier molecular flexibility index (Phi) is 5.87. The number of nitrogens with zero attached hydrogens (tertiary/aromatic N) is 1. The van der Waals surface area contributed by atoms with Gasteiger partial charge in [-0.3, -0.25) is 4.99 Å². The average molecular weight is 112 g/mol. The molecule has 0 fully saturated rings. The van der Waals surface area contributed by atoms with E-state index in [0.29, 0.717) is 6.67 Å². The molecule has 46 valence electrons. The smallest absolute Gasteiger partial charge is 0.0878 e. The highest BCUT2D eigenvalue weighted by Gasteiger charge is 1.67. The Hall–Kier alpha value is -0.630. The van der Waals surface area contributed by atoms with Crippen molar-refractivity contribution in [3.05, 3.63) is 12.7 Å². The van der Waals surface area contributed by atoms with Gasteiger partial charge in [0.15, 0.2) is 0 Å². The van der Waals surface area contributed by atoms with Crippen LogP contribution in [0.3, 0.4) is 0 Å². The molecule has 0 rings (SSSR count). The van der Waals surface area contributed by atoms with E-state index in [1.165, 1.54) is 0 Å². The van der Waals surface area contributed by atoms with Gasteiger partial charge in [-0.15, -0.1) is 6.58 Å². The normalized spacial score (nSPS) is 10.1. The summed E-state index contributed by atoms with van der Waals surface area (Å²) in [6, 6.07) is 0. The number of hydrogen-bond donors (Lipinski definition) is 1. The van der Waals surface area contributed by atoms with Crippen LogP contribution in [0.15, 0.2) is 17.6 Å². The quantitative estimate of drug-likeness (QED) is 0.422. The maximum Gasteiger partial charge on any atom is 0.0878 e. The highest BCUT2D eigenvalue weighted by Crippen LogP contribution is 1.71. The van der Waals surface area contributed by atoms with Gasteiger partial charge in [-0.1, -0.05) is 6.08 Å². The minimum absolute atomic E-state index is 0.702. The first-order valence-electron chi connectivity index (χ1n) is 2.65. The molecule has 0 saturated carbocycles. The van der Waals surface area contributed by atoms with Crippen molar-refractivity contribution in [2.75, 3.05) is 13.7 Å². The Balaban J connectivity index is 2.94. The van der Waals surface area contributed by atoms with Gasteiger partial charge in [0.25, 0.3) is 0 Å². The Morgan fingerprint density at radius 1 is 1.75 bits per heavy atom. The van der Waals surface area contributed by atoms with Crippen LogP contribution in [0, 0.1) is 0 Å². The lowest BCUT2D eigenvalue weighted by Gasteiger charge is -1.85. The first-order chi connectivity index (χ1) is 3.91. The molecule has 0 heterocycles. The second-order valence-corrected chi connectivity index (χ2v) is 1.40. The molecule has 0 unspecified atom stereocenters. The van der Waals surface area contributed by atoms with Crippen LogP contribution in [0.4, 0.5) is 0 Å². The largest absolute Gasteiger partial charge is 0.301 e. The first-order valence-corrected chi connectivity index (χ1v) is 2.65. The minimum atomic E-state index is 0.702. The molecule has 0 aromatic rings. The van der Waals surface area contributed by atoms with Gasteiger partial charge < -0.3 is 5.32 Å². The third kappa shape index (κ3) is 5.37. The third-order valence-corrected chi connectivity index (χ3v) is 0.651. The SMILES string of the molecule is C=CCC=NCNC. The standard InChI is InChI=1S/C6H12N2/c1-3-4-5-8-6-7-2/h3,5,7H,1,4,6H2,2H3. The Morgan fingerprint density at radius 3 is 3.00 bits per heavy atom. The summed E-state index contributed by atoms with van der Waals surface area (Å²) >= 11 is 0. The molecule has 0 radical (unpaired) electrons. The second-order valence-electron chi connectivity index (χ2n) is 1.40. The Bertz CT molecular complexity index is 76.6. The van der Waals surface area contributed by atoms with Gasteiger partial charge in [0.05, 0.1) is 6.67 Å². The number of rotatable bonds is 4. The van der Waals surface area contributed by atoms with Crippen molar-refractivity contribution in [1.82, 2.24) is 5.32 Å². The maximum atomic E-state index is 3.97. The van der Waals surface area contributed by atoms with Gasteiger partial charge in [-0.2, -0.15) is 0 Å². The number of nitrogens with one attached hydrogen (secondary N) is 1. The van der Waals surface area contributed by atoms with Crippen molar-refractivity contribution in [3.63, 3.8) is 0 Å². The molecule has 2 heteroatoms. The molecule has 0 aliphatic rings. The maximum absolute atomic E-state index is 3.97. The van der Waals surface area contributed by atoms with Crippen molar-refractivity contribution in [3.8, 4) is 0 Å². The van der Waals surface area contributed by atoms with Crippen molar-refractivity contribution in [2.24, 2.45) is 4.99 Å². The molecular weight excluding hydrogens is 100 g/mol. The number of aliphatic imine (C=N–C) groups is 1. The van der Waals surface area contributed by atoms with E-state index in [0.717, 1.165) is 6.42 Å². The molecule has 2 nitrogen and oxygen atoms in total. The fourth-order valence-electron chi connectivity index (χ4n) is 0.305.